The molecule has 0 aromatic rings. The summed E-state index contributed by atoms with van der Waals surface area (Å²) in [6.07, 6.45) is 13.3. The van der Waals surface area contributed by atoms with Crippen molar-refractivity contribution in [3.63, 3.8) is 0 Å². The molecule has 2 atom stereocenters. The summed E-state index contributed by atoms with van der Waals surface area (Å²) in [7, 11) is 1.36. The first kappa shape index (κ1) is 28.5. The van der Waals surface area contributed by atoms with Crippen LogP contribution in [0.5, 0.6) is 0 Å². The molecule has 8 heteroatoms. The molecule has 0 aromatic heterocycles. The molecule has 7 nitrogen and oxygen atoms in total. The molecule has 0 bridgehead atoms. The van der Waals surface area contributed by atoms with Crippen molar-refractivity contribution in [2.75, 3.05) is 34.3 Å². The average Bonchev–Trinajstić information content (AvgIpc) is 2.56. The first-order chi connectivity index (χ1) is 13.6. The van der Waals surface area contributed by atoms with Crippen LogP contribution in [0.15, 0.2) is 0 Å². The fraction of sp³-hybridized carbons (Fsp3) is 0.952. The summed E-state index contributed by atoms with van der Waals surface area (Å²) in [6, 6.07) is 0. The summed E-state index contributed by atoms with van der Waals surface area (Å²) in [5.74, 6) is -1.07. The lowest BCUT2D eigenvalue weighted by atomic mass is 10.1. The van der Waals surface area contributed by atoms with Gasteiger partial charge in [-0.05, 0) is 6.42 Å². The molecule has 2 N–H and O–H groups in total. The molecule has 0 radical (unpaired) electrons. The molecule has 29 heavy (non-hydrogen) atoms. The molecule has 0 heterocycles. The summed E-state index contributed by atoms with van der Waals surface area (Å²) < 4.78 is 22.7. The second-order valence-corrected chi connectivity index (χ2v) is 10.4. The van der Waals surface area contributed by atoms with E-state index in [4.69, 9.17) is 14.2 Å². The Balaban J connectivity index is 3.82. The minimum atomic E-state index is -4.25. The van der Waals surface area contributed by atoms with Gasteiger partial charge in [0.15, 0.2) is 0 Å². The van der Waals surface area contributed by atoms with Crippen LogP contribution in [0.2, 0.25) is 0 Å². The van der Waals surface area contributed by atoms with Gasteiger partial charge < -0.3 is 14.5 Å². The SMILES string of the molecule is CCCCCCCCCCCCCCOP(=O)(O)O[C@H](CC(=O)O)C[N+](C)(C)C. The molecule has 0 aliphatic carbocycles. The summed E-state index contributed by atoms with van der Waals surface area (Å²) in [5, 5.41) is 8.98. The standard InChI is InChI=1S/C21H44NO6P/c1-5-6-7-8-9-10-11-12-13-14-15-16-17-27-29(25,26)28-20(18-21(23)24)19-22(2,3)4/h20H,5-19H2,1-4H3,(H-,23,24,25,26)/p+1/t20-/m1/s1. The Bertz CT molecular complexity index is 467. The van der Waals surface area contributed by atoms with E-state index in [1.54, 1.807) is 0 Å². The maximum absolute atomic E-state index is 12.1. The summed E-state index contributed by atoms with van der Waals surface area (Å²) in [4.78, 5) is 20.9. The molecule has 0 spiro atoms. The highest BCUT2D eigenvalue weighted by molar-refractivity contribution is 7.47. The molecular weight excluding hydrogens is 393 g/mol. The summed E-state index contributed by atoms with van der Waals surface area (Å²) in [6.45, 7) is 2.69. The third kappa shape index (κ3) is 20.6. The van der Waals surface area contributed by atoms with E-state index in [1.165, 1.54) is 57.8 Å². The zero-order chi connectivity index (χ0) is 22.2. The normalized spacial score (nSPS) is 15.2. The van der Waals surface area contributed by atoms with Crippen molar-refractivity contribution >= 4 is 13.8 Å². The molecule has 0 fully saturated rings. The summed E-state index contributed by atoms with van der Waals surface area (Å²) >= 11 is 0. The van der Waals surface area contributed by atoms with Crippen LogP contribution < -0.4 is 0 Å². The number of hydrogen-bond donors (Lipinski definition) is 2. The zero-order valence-corrected chi connectivity index (χ0v) is 20.0. The van der Waals surface area contributed by atoms with E-state index in [1.807, 2.05) is 21.1 Å². The van der Waals surface area contributed by atoms with Gasteiger partial charge in [-0.1, -0.05) is 77.6 Å². The van der Waals surface area contributed by atoms with Crippen LogP contribution in [-0.2, 0) is 18.4 Å². The fourth-order valence-electron chi connectivity index (χ4n) is 3.28. The molecule has 0 aliphatic heterocycles. The minimum absolute atomic E-state index is 0.148. The number of aliphatic carboxylic acids is 1. The van der Waals surface area contributed by atoms with E-state index in [0.717, 1.165) is 12.8 Å². The van der Waals surface area contributed by atoms with Crippen LogP contribution in [0.1, 0.15) is 90.4 Å². The number of likely N-dealkylation sites (N-methyl/N-ethyl adjacent to an activating group) is 1. The van der Waals surface area contributed by atoms with Crippen LogP contribution in [0.4, 0.5) is 0 Å². The van der Waals surface area contributed by atoms with Gasteiger partial charge in [0.05, 0.1) is 34.2 Å². The smallest absolute Gasteiger partial charge is 0.472 e. The Morgan fingerprint density at radius 2 is 1.34 bits per heavy atom. The summed E-state index contributed by atoms with van der Waals surface area (Å²) in [5.41, 5.74) is 0. The Labute approximate surface area is 178 Å². The van der Waals surface area contributed by atoms with Crippen LogP contribution in [0.25, 0.3) is 0 Å². The van der Waals surface area contributed by atoms with Gasteiger partial charge in [-0.25, -0.2) is 4.57 Å². The second kappa shape index (κ2) is 16.3. The third-order valence-corrected chi connectivity index (χ3v) is 5.76. The van der Waals surface area contributed by atoms with Gasteiger partial charge in [-0.3, -0.25) is 13.8 Å². The number of phosphoric acid groups is 1. The van der Waals surface area contributed by atoms with Crippen LogP contribution >= 0.6 is 7.82 Å². The van der Waals surface area contributed by atoms with Gasteiger partial charge in [0, 0.05) is 0 Å². The van der Waals surface area contributed by atoms with Gasteiger partial charge in [-0.2, -0.15) is 0 Å². The van der Waals surface area contributed by atoms with Gasteiger partial charge in [0.2, 0.25) is 0 Å². The van der Waals surface area contributed by atoms with Crippen molar-refractivity contribution in [3.8, 4) is 0 Å². The van der Waals surface area contributed by atoms with E-state index >= 15 is 0 Å². The van der Waals surface area contributed by atoms with Crippen molar-refractivity contribution in [3.05, 3.63) is 0 Å². The van der Waals surface area contributed by atoms with E-state index in [2.05, 4.69) is 6.92 Å². The average molecular weight is 439 g/mol. The third-order valence-electron chi connectivity index (χ3n) is 4.69. The predicted molar refractivity (Wildman–Crippen MR) is 117 cm³/mol. The minimum Gasteiger partial charge on any atom is -0.481 e. The molecule has 0 saturated heterocycles. The Morgan fingerprint density at radius 1 is 0.897 bits per heavy atom. The zero-order valence-electron chi connectivity index (χ0n) is 19.1. The molecule has 0 rings (SSSR count). The number of unbranched alkanes of at least 4 members (excludes halogenated alkanes) is 11. The first-order valence-electron chi connectivity index (χ1n) is 11.2. The topological polar surface area (TPSA) is 93.1 Å². The highest BCUT2D eigenvalue weighted by Crippen LogP contribution is 2.45. The lowest BCUT2D eigenvalue weighted by Gasteiger charge is -2.29. The monoisotopic (exact) mass is 438 g/mol. The number of carboxylic acid groups (broad SMARTS) is 1. The van der Waals surface area contributed by atoms with Gasteiger partial charge >= 0.3 is 13.8 Å². The van der Waals surface area contributed by atoms with E-state index in [-0.39, 0.29) is 13.0 Å². The van der Waals surface area contributed by atoms with Crippen LogP contribution in [-0.4, -0.2) is 60.9 Å². The molecule has 174 valence electrons. The molecule has 1 unspecified atom stereocenters. The van der Waals surface area contributed by atoms with Crippen molar-refractivity contribution in [1.82, 2.24) is 0 Å². The van der Waals surface area contributed by atoms with E-state index < -0.39 is 19.9 Å². The van der Waals surface area contributed by atoms with Crippen LogP contribution in [0.3, 0.4) is 0 Å². The number of nitrogens with zero attached hydrogens (tertiary/aromatic N) is 1. The van der Waals surface area contributed by atoms with Gasteiger partial charge in [0.25, 0.3) is 0 Å². The number of hydrogen-bond acceptors (Lipinski definition) is 4. The first-order valence-corrected chi connectivity index (χ1v) is 12.7. The number of carboxylic acids is 1. The largest absolute Gasteiger partial charge is 0.481 e. The fourth-order valence-corrected chi connectivity index (χ4v) is 4.22. The Morgan fingerprint density at radius 3 is 1.76 bits per heavy atom. The van der Waals surface area contributed by atoms with Crippen molar-refractivity contribution in [1.29, 1.82) is 0 Å². The quantitative estimate of drug-likeness (QED) is 0.151. The Kier molecular flexibility index (Phi) is 16.0. The lowest BCUT2D eigenvalue weighted by molar-refractivity contribution is -0.873. The van der Waals surface area contributed by atoms with Gasteiger partial charge in [-0.15, -0.1) is 0 Å². The second-order valence-electron chi connectivity index (χ2n) is 8.99. The molecular formula is C21H45NO6P+. The highest BCUT2D eigenvalue weighted by Gasteiger charge is 2.31. The molecule has 0 amide bonds. The van der Waals surface area contributed by atoms with E-state index in [9.17, 15) is 14.3 Å². The maximum Gasteiger partial charge on any atom is 0.472 e. The molecule has 0 aliphatic rings. The van der Waals surface area contributed by atoms with Crippen molar-refractivity contribution < 1.29 is 32.9 Å². The highest BCUT2D eigenvalue weighted by atomic mass is 31.2. The number of quaternary nitrogens is 1. The molecule has 0 saturated carbocycles. The Hall–Kier alpha value is -0.460. The number of rotatable bonds is 20. The van der Waals surface area contributed by atoms with Crippen molar-refractivity contribution in [2.45, 2.75) is 96.5 Å². The van der Waals surface area contributed by atoms with E-state index in [0.29, 0.717) is 17.4 Å². The van der Waals surface area contributed by atoms with Crippen molar-refractivity contribution in [2.24, 2.45) is 0 Å². The van der Waals surface area contributed by atoms with Crippen LogP contribution in [0, 0.1) is 0 Å². The lowest BCUT2D eigenvalue weighted by Crippen LogP contribution is -2.42. The number of carbonyl (C=O) groups is 1. The molecule has 0 aromatic carbocycles. The van der Waals surface area contributed by atoms with Gasteiger partial charge in [0.1, 0.15) is 12.6 Å². The number of phosphoric ester groups is 1. The maximum atomic E-state index is 12.1. The predicted octanol–water partition coefficient (Wildman–Crippen LogP) is 5.37.